The van der Waals surface area contributed by atoms with Gasteiger partial charge in [-0.3, -0.25) is 4.79 Å². The molecule has 1 saturated heterocycles. The van der Waals surface area contributed by atoms with E-state index in [2.05, 4.69) is 6.92 Å². The number of sulfone groups is 1. The molecule has 126 valence electrons. The lowest BCUT2D eigenvalue weighted by Gasteiger charge is -2.29. The Kier molecular flexibility index (Phi) is 4.36. The van der Waals surface area contributed by atoms with Crippen LogP contribution in [0.4, 0.5) is 0 Å². The molecule has 0 bridgehead atoms. The number of rotatable bonds is 5. The smallest absolute Gasteiger partial charge is 0.226 e. The summed E-state index contributed by atoms with van der Waals surface area (Å²) in [5.74, 6) is 1.64. The van der Waals surface area contributed by atoms with Crippen LogP contribution in [0.1, 0.15) is 25.3 Å². The third-order valence-electron chi connectivity index (χ3n) is 4.87. The van der Waals surface area contributed by atoms with E-state index in [4.69, 9.17) is 4.74 Å². The molecule has 1 amide bonds. The Morgan fingerprint density at radius 2 is 1.96 bits per heavy atom. The van der Waals surface area contributed by atoms with Crippen molar-refractivity contribution < 1.29 is 17.9 Å². The van der Waals surface area contributed by atoms with Crippen molar-refractivity contribution in [2.24, 2.45) is 11.8 Å². The molecule has 23 heavy (non-hydrogen) atoms. The number of methoxy groups -OCH3 is 1. The van der Waals surface area contributed by atoms with E-state index in [0.29, 0.717) is 18.9 Å². The Balaban J connectivity index is 1.78. The van der Waals surface area contributed by atoms with Gasteiger partial charge in [0.15, 0.2) is 9.84 Å². The van der Waals surface area contributed by atoms with E-state index in [1.54, 1.807) is 12.0 Å². The number of benzene rings is 1. The van der Waals surface area contributed by atoms with Gasteiger partial charge in [-0.25, -0.2) is 8.42 Å². The molecule has 5 nitrogen and oxygen atoms in total. The highest BCUT2D eigenvalue weighted by atomic mass is 32.2. The van der Waals surface area contributed by atoms with Gasteiger partial charge in [-0.2, -0.15) is 0 Å². The minimum atomic E-state index is -3.01. The number of ether oxygens (including phenoxy) is 1. The van der Waals surface area contributed by atoms with Crippen molar-refractivity contribution in [2.45, 2.75) is 32.4 Å². The fraction of sp³-hybridized carbons (Fsp3) is 0.588. The molecule has 3 unspecified atom stereocenters. The Morgan fingerprint density at radius 3 is 2.43 bits per heavy atom. The largest absolute Gasteiger partial charge is 0.497 e. The first-order valence-electron chi connectivity index (χ1n) is 8.03. The molecule has 0 aromatic heterocycles. The van der Waals surface area contributed by atoms with E-state index in [1.807, 2.05) is 24.3 Å². The molecule has 1 saturated carbocycles. The maximum absolute atomic E-state index is 12.7. The summed E-state index contributed by atoms with van der Waals surface area (Å²) in [6.45, 7) is 2.53. The number of hydrogen-bond acceptors (Lipinski definition) is 4. The maximum atomic E-state index is 12.7. The molecule has 1 heterocycles. The van der Waals surface area contributed by atoms with E-state index >= 15 is 0 Å². The molecule has 1 aliphatic carbocycles. The summed E-state index contributed by atoms with van der Waals surface area (Å²) in [5.41, 5.74) is 0.997. The molecule has 0 spiro atoms. The monoisotopic (exact) mass is 337 g/mol. The highest BCUT2D eigenvalue weighted by Gasteiger charge is 2.44. The Morgan fingerprint density at radius 1 is 1.30 bits per heavy atom. The van der Waals surface area contributed by atoms with Crippen LogP contribution in [-0.2, 0) is 21.2 Å². The number of carbonyl (C=O) groups is 1. The van der Waals surface area contributed by atoms with Crippen molar-refractivity contribution >= 4 is 15.7 Å². The second kappa shape index (κ2) is 6.15. The van der Waals surface area contributed by atoms with Gasteiger partial charge in [-0.15, -0.1) is 0 Å². The quantitative estimate of drug-likeness (QED) is 0.823. The SMILES string of the molecule is COc1ccc(CN(C(=O)C2CC2C)C2CCS(=O)(=O)C2)cc1. The Bertz CT molecular complexity index is 683. The lowest BCUT2D eigenvalue weighted by molar-refractivity contribution is -0.135. The topological polar surface area (TPSA) is 63.7 Å². The highest BCUT2D eigenvalue weighted by Crippen LogP contribution is 2.40. The number of carbonyl (C=O) groups excluding carboxylic acids is 1. The van der Waals surface area contributed by atoms with Gasteiger partial charge in [0.2, 0.25) is 5.91 Å². The van der Waals surface area contributed by atoms with Crippen molar-refractivity contribution in [1.29, 1.82) is 0 Å². The van der Waals surface area contributed by atoms with E-state index in [-0.39, 0.29) is 29.4 Å². The first-order valence-corrected chi connectivity index (χ1v) is 9.85. The average Bonchev–Trinajstić information content (AvgIpc) is 3.15. The fourth-order valence-electron chi connectivity index (χ4n) is 3.21. The van der Waals surface area contributed by atoms with E-state index in [9.17, 15) is 13.2 Å². The van der Waals surface area contributed by atoms with Crippen LogP contribution < -0.4 is 4.74 Å². The van der Waals surface area contributed by atoms with Crippen molar-refractivity contribution in [3.05, 3.63) is 29.8 Å². The maximum Gasteiger partial charge on any atom is 0.226 e. The standard InChI is InChI=1S/C17H23NO4S/c1-12-9-16(12)17(19)18(14-7-8-23(20,21)11-14)10-13-3-5-15(22-2)6-4-13/h3-6,12,14,16H,7-11H2,1-2H3. The molecule has 0 N–H and O–H groups in total. The normalized spacial score (nSPS) is 28.3. The van der Waals surface area contributed by atoms with Crippen LogP contribution in [0.5, 0.6) is 5.75 Å². The fourth-order valence-corrected chi connectivity index (χ4v) is 4.95. The van der Waals surface area contributed by atoms with Gasteiger partial charge < -0.3 is 9.64 Å². The van der Waals surface area contributed by atoms with E-state index in [1.165, 1.54) is 0 Å². The second-order valence-electron chi connectivity index (χ2n) is 6.69. The summed E-state index contributed by atoms with van der Waals surface area (Å²) in [6, 6.07) is 7.40. The van der Waals surface area contributed by atoms with E-state index < -0.39 is 9.84 Å². The van der Waals surface area contributed by atoms with Crippen LogP contribution in [0.25, 0.3) is 0 Å². The van der Waals surface area contributed by atoms with Crippen LogP contribution in [0.15, 0.2) is 24.3 Å². The third kappa shape index (κ3) is 3.68. The summed E-state index contributed by atoms with van der Waals surface area (Å²) in [5, 5.41) is 0. The predicted molar refractivity (Wildman–Crippen MR) is 87.9 cm³/mol. The highest BCUT2D eigenvalue weighted by molar-refractivity contribution is 7.91. The summed E-state index contributed by atoms with van der Waals surface area (Å²) >= 11 is 0. The molecular formula is C17H23NO4S. The molecular weight excluding hydrogens is 314 g/mol. The van der Waals surface area contributed by atoms with Crippen molar-refractivity contribution in [3.8, 4) is 5.75 Å². The first kappa shape index (κ1) is 16.3. The zero-order chi connectivity index (χ0) is 16.6. The second-order valence-corrected chi connectivity index (χ2v) is 8.92. The minimum Gasteiger partial charge on any atom is -0.497 e. The molecule has 1 aliphatic heterocycles. The van der Waals surface area contributed by atoms with E-state index in [0.717, 1.165) is 17.7 Å². The summed E-state index contributed by atoms with van der Waals surface area (Å²) in [4.78, 5) is 14.5. The molecule has 2 aliphatic rings. The van der Waals surface area contributed by atoms with Crippen molar-refractivity contribution in [1.82, 2.24) is 4.90 Å². The molecule has 1 aromatic carbocycles. The summed E-state index contributed by atoms with van der Waals surface area (Å²) < 4.78 is 28.7. The van der Waals surface area contributed by atoms with Crippen LogP contribution in [-0.4, -0.2) is 43.9 Å². The van der Waals surface area contributed by atoms with Gasteiger partial charge in [0.25, 0.3) is 0 Å². The lowest BCUT2D eigenvalue weighted by atomic mass is 10.1. The summed E-state index contributed by atoms with van der Waals surface area (Å²) in [7, 11) is -1.40. The van der Waals surface area contributed by atoms with Gasteiger partial charge in [-0.05, 0) is 36.5 Å². The van der Waals surface area contributed by atoms with Crippen molar-refractivity contribution in [3.63, 3.8) is 0 Å². The average molecular weight is 337 g/mol. The molecule has 1 aromatic rings. The molecule has 3 atom stereocenters. The van der Waals surface area contributed by atoms with Gasteiger partial charge >= 0.3 is 0 Å². The van der Waals surface area contributed by atoms with Crippen LogP contribution in [0, 0.1) is 11.8 Å². The minimum absolute atomic E-state index is 0.0663. The summed E-state index contributed by atoms with van der Waals surface area (Å²) in [6.07, 6.45) is 1.46. The number of hydrogen-bond donors (Lipinski definition) is 0. The van der Waals surface area contributed by atoms with Gasteiger partial charge in [-0.1, -0.05) is 19.1 Å². The third-order valence-corrected chi connectivity index (χ3v) is 6.62. The zero-order valence-electron chi connectivity index (χ0n) is 13.6. The van der Waals surface area contributed by atoms with Gasteiger partial charge in [0, 0.05) is 18.5 Å². The van der Waals surface area contributed by atoms with Crippen LogP contribution >= 0.6 is 0 Å². The van der Waals surface area contributed by atoms with Gasteiger partial charge in [0.1, 0.15) is 5.75 Å². The van der Waals surface area contributed by atoms with Crippen LogP contribution in [0.2, 0.25) is 0 Å². The molecule has 6 heteroatoms. The Hall–Kier alpha value is -1.56. The molecule has 0 radical (unpaired) electrons. The molecule has 2 fully saturated rings. The first-order chi connectivity index (χ1) is 10.9. The van der Waals surface area contributed by atoms with Crippen molar-refractivity contribution in [2.75, 3.05) is 18.6 Å². The zero-order valence-corrected chi connectivity index (χ0v) is 14.4. The number of nitrogens with zero attached hydrogens (tertiary/aromatic N) is 1. The number of amides is 1. The molecule has 3 rings (SSSR count). The lowest BCUT2D eigenvalue weighted by Crippen LogP contribution is -2.41. The Labute approximate surface area is 137 Å². The van der Waals surface area contributed by atoms with Crippen LogP contribution in [0.3, 0.4) is 0 Å². The van der Waals surface area contributed by atoms with Gasteiger partial charge in [0.05, 0.1) is 18.6 Å². The predicted octanol–water partition coefficient (Wildman–Crippen LogP) is 1.87.